The van der Waals surface area contributed by atoms with Crippen molar-refractivity contribution < 1.29 is 9.47 Å². The Balaban J connectivity index is 1.40. The van der Waals surface area contributed by atoms with E-state index in [9.17, 15) is 0 Å². The molecule has 5 rings (SSSR count). The van der Waals surface area contributed by atoms with E-state index in [2.05, 4.69) is 14.9 Å². The number of rotatable bonds is 4. The number of aryl methyl sites for hydroxylation is 1. The molecule has 1 saturated heterocycles. The molecule has 0 bridgehead atoms. The summed E-state index contributed by atoms with van der Waals surface area (Å²) in [5.74, 6) is 2.64. The summed E-state index contributed by atoms with van der Waals surface area (Å²) in [6, 6.07) is 7.90. The van der Waals surface area contributed by atoms with Crippen LogP contribution in [0.3, 0.4) is 0 Å². The molecule has 1 fully saturated rings. The number of benzene rings is 1. The summed E-state index contributed by atoms with van der Waals surface area (Å²) >= 11 is 6.52. The number of likely N-dealkylation sites (tertiary alicyclic amines) is 1. The van der Waals surface area contributed by atoms with Crippen molar-refractivity contribution in [2.75, 3.05) is 19.9 Å². The molecule has 1 aromatic carbocycles. The third-order valence-electron chi connectivity index (χ3n) is 5.76. The van der Waals surface area contributed by atoms with Crippen LogP contribution in [-0.2, 0) is 6.54 Å². The van der Waals surface area contributed by atoms with Gasteiger partial charge in [0.05, 0.1) is 5.69 Å². The summed E-state index contributed by atoms with van der Waals surface area (Å²) in [4.78, 5) is 15.9. The Hall–Kier alpha value is -2.70. The summed E-state index contributed by atoms with van der Waals surface area (Å²) in [5, 5.41) is 0.719. The van der Waals surface area contributed by atoms with Gasteiger partial charge in [0.15, 0.2) is 11.5 Å². The zero-order valence-electron chi connectivity index (χ0n) is 16.8. The van der Waals surface area contributed by atoms with Crippen LogP contribution in [0, 0.1) is 6.92 Å². The predicted octanol–water partition coefficient (Wildman–Crippen LogP) is 4.61. The van der Waals surface area contributed by atoms with Crippen molar-refractivity contribution in [3.8, 4) is 22.6 Å². The fourth-order valence-corrected chi connectivity index (χ4v) is 4.51. The highest BCUT2D eigenvalue weighted by molar-refractivity contribution is 6.31. The highest BCUT2D eigenvalue weighted by Crippen LogP contribution is 2.38. The lowest BCUT2D eigenvalue weighted by molar-refractivity contribution is 0.173. The Morgan fingerprint density at radius 1 is 1.17 bits per heavy atom. The van der Waals surface area contributed by atoms with Gasteiger partial charge in [-0.15, -0.1) is 0 Å². The highest BCUT2D eigenvalue weighted by Gasteiger charge is 2.26. The van der Waals surface area contributed by atoms with E-state index in [0.717, 1.165) is 77.2 Å². The second-order valence-corrected chi connectivity index (χ2v) is 8.23. The standard InChI is InChI=1S/C23H23ClN4O2/c1-15-26-11-19(16-4-6-25-7-5-16)23(27-15)17-3-2-8-28(12-17)13-18-9-21-22(10-20(18)24)30-14-29-21/h4-7,9-11,17H,2-3,8,12-14H2,1H3/t17-/m0/s1. The Morgan fingerprint density at radius 3 is 2.80 bits per heavy atom. The summed E-state index contributed by atoms with van der Waals surface area (Å²) in [6.07, 6.45) is 7.80. The third kappa shape index (κ3) is 3.85. The van der Waals surface area contributed by atoms with Gasteiger partial charge in [-0.2, -0.15) is 0 Å². The molecule has 0 aliphatic carbocycles. The zero-order chi connectivity index (χ0) is 20.5. The minimum absolute atomic E-state index is 0.256. The average molecular weight is 423 g/mol. The minimum Gasteiger partial charge on any atom is -0.454 e. The number of piperidine rings is 1. The second kappa shape index (κ2) is 8.20. The first-order chi connectivity index (χ1) is 14.7. The summed E-state index contributed by atoms with van der Waals surface area (Å²) < 4.78 is 11.0. The maximum atomic E-state index is 6.52. The SMILES string of the molecule is Cc1ncc(-c2ccncc2)c([C@H]2CCCN(Cc3cc4c(cc3Cl)OCO4)C2)n1. The molecule has 2 aliphatic rings. The van der Waals surface area contributed by atoms with Crippen LogP contribution in [0.5, 0.6) is 11.5 Å². The maximum Gasteiger partial charge on any atom is 0.231 e. The van der Waals surface area contributed by atoms with Gasteiger partial charge in [-0.25, -0.2) is 9.97 Å². The molecule has 30 heavy (non-hydrogen) atoms. The van der Waals surface area contributed by atoms with Crippen LogP contribution in [-0.4, -0.2) is 39.7 Å². The number of pyridine rings is 1. The number of aromatic nitrogens is 3. The molecule has 1 atom stereocenters. The quantitative estimate of drug-likeness (QED) is 0.612. The van der Waals surface area contributed by atoms with E-state index >= 15 is 0 Å². The van der Waals surface area contributed by atoms with Gasteiger partial charge in [-0.05, 0) is 55.6 Å². The number of hydrogen-bond acceptors (Lipinski definition) is 6. The molecule has 7 heteroatoms. The van der Waals surface area contributed by atoms with Crippen LogP contribution in [0.2, 0.25) is 5.02 Å². The first kappa shape index (κ1) is 19.3. The van der Waals surface area contributed by atoms with Gasteiger partial charge in [0.25, 0.3) is 0 Å². The van der Waals surface area contributed by atoms with Crippen LogP contribution in [0.1, 0.15) is 35.8 Å². The molecule has 0 saturated carbocycles. The lowest BCUT2D eigenvalue weighted by atomic mass is 9.90. The van der Waals surface area contributed by atoms with Gasteiger partial charge < -0.3 is 9.47 Å². The molecule has 6 nitrogen and oxygen atoms in total. The zero-order valence-corrected chi connectivity index (χ0v) is 17.6. The van der Waals surface area contributed by atoms with Crippen LogP contribution in [0.4, 0.5) is 0 Å². The molecule has 0 amide bonds. The van der Waals surface area contributed by atoms with E-state index in [-0.39, 0.29) is 6.79 Å². The van der Waals surface area contributed by atoms with Gasteiger partial charge >= 0.3 is 0 Å². The van der Waals surface area contributed by atoms with Crippen molar-refractivity contribution >= 4 is 11.6 Å². The lowest BCUT2D eigenvalue weighted by Crippen LogP contribution is -2.34. The van der Waals surface area contributed by atoms with Gasteiger partial charge in [0, 0.05) is 54.3 Å². The van der Waals surface area contributed by atoms with E-state index in [4.69, 9.17) is 26.1 Å². The monoisotopic (exact) mass is 422 g/mol. The molecule has 3 aromatic rings. The first-order valence-corrected chi connectivity index (χ1v) is 10.6. The molecule has 2 aromatic heterocycles. The van der Waals surface area contributed by atoms with Gasteiger partial charge in [-0.3, -0.25) is 9.88 Å². The third-order valence-corrected chi connectivity index (χ3v) is 6.11. The number of halogens is 1. The first-order valence-electron chi connectivity index (χ1n) is 10.2. The summed E-state index contributed by atoms with van der Waals surface area (Å²) in [5.41, 5.74) is 4.39. The number of ether oxygens (including phenoxy) is 2. The number of hydrogen-bond donors (Lipinski definition) is 0. The van der Waals surface area contributed by atoms with Crippen LogP contribution in [0.15, 0.2) is 42.9 Å². The van der Waals surface area contributed by atoms with Gasteiger partial charge in [0.1, 0.15) is 5.82 Å². The molecule has 0 spiro atoms. The van der Waals surface area contributed by atoms with Crippen molar-refractivity contribution in [3.05, 3.63) is 65.0 Å². The van der Waals surface area contributed by atoms with Gasteiger partial charge in [0.2, 0.25) is 6.79 Å². The van der Waals surface area contributed by atoms with Crippen molar-refractivity contribution in [1.29, 1.82) is 0 Å². The van der Waals surface area contributed by atoms with E-state index in [0.29, 0.717) is 5.92 Å². The topological polar surface area (TPSA) is 60.4 Å². The van der Waals surface area contributed by atoms with E-state index in [1.165, 1.54) is 0 Å². The number of nitrogens with zero attached hydrogens (tertiary/aromatic N) is 4. The van der Waals surface area contributed by atoms with Crippen LogP contribution < -0.4 is 9.47 Å². The highest BCUT2D eigenvalue weighted by atomic mass is 35.5. The van der Waals surface area contributed by atoms with Gasteiger partial charge in [-0.1, -0.05) is 11.6 Å². The molecular weight excluding hydrogens is 400 g/mol. The van der Waals surface area contributed by atoms with Crippen LogP contribution in [0.25, 0.3) is 11.1 Å². The van der Waals surface area contributed by atoms with Crippen molar-refractivity contribution in [2.45, 2.75) is 32.2 Å². The number of fused-ring (bicyclic) bond motifs is 1. The second-order valence-electron chi connectivity index (χ2n) is 7.82. The molecule has 0 radical (unpaired) electrons. The Labute approximate surface area is 180 Å². The molecule has 0 unspecified atom stereocenters. The smallest absolute Gasteiger partial charge is 0.231 e. The molecule has 4 heterocycles. The minimum atomic E-state index is 0.256. The van der Waals surface area contributed by atoms with E-state index in [1.54, 1.807) is 0 Å². The maximum absolute atomic E-state index is 6.52. The fraction of sp³-hybridized carbons (Fsp3) is 0.348. The van der Waals surface area contributed by atoms with E-state index < -0.39 is 0 Å². The Kier molecular flexibility index (Phi) is 5.27. The van der Waals surface area contributed by atoms with Crippen molar-refractivity contribution in [3.63, 3.8) is 0 Å². The Bertz CT molecular complexity index is 1060. The fourth-order valence-electron chi connectivity index (χ4n) is 4.30. The lowest BCUT2D eigenvalue weighted by Gasteiger charge is -2.33. The van der Waals surface area contributed by atoms with Crippen LogP contribution >= 0.6 is 11.6 Å². The predicted molar refractivity (Wildman–Crippen MR) is 115 cm³/mol. The normalized spacial score (nSPS) is 18.5. The summed E-state index contributed by atoms with van der Waals surface area (Å²) in [7, 11) is 0. The van der Waals surface area contributed by atoms with Crippen molar-refractivity contribution in [2.24, 2.45) is 0 Å². The van der Waals surface area contributed by atoms with Crippen molar-refractivity contribution in [1.82, 2.24) is 19.9 Å². The largest absolute Gasteiger partial charge is 0.454 e. The average Bonchev–Trinajstić information content (AvgIpc) is 3.22. The Morgan fingerprint density at radius 2 is 1.97 bits per heavy atom. The molecule has 2 aliphatic heterocycles. The molecule has 154 valence electrons. The van der Waals surface area contributed by atoms with E-state index in [1.807, 2.05) is 49.8 Å². The summed E-state index contributed by atoms with van der Waals surface area (Å²) in [6.45, 7) is 4.95. The molecular formula is C23H23ClN4O2. The molecule has 0 N–H and O–H groups in total.